The van der Waals surface area contributed by atoms with Crippen molar-refractivity contribution >= 4 is 12.2 Å². The molecule has 0 bridgehead atoms. The highest BCUT2D eigenvalue weighted by Gasteiger charge is 2.14. The molecule has 0 atom stereocenters. The van der Waals surface area contributed by atoms with Crippen molar-refractivity contribution in [2.75, 3.05) is 13.1 Å². The molecule has 0 saturated carbocycles. The minimum Gasteiger partial charge on any atom is -0.292 e. The van der Waals surface area contributed by atoms with Crippen molar-refractivity contribution < 1.29 is 0 Å². The Morgan fingerprint density at radius 2 is 0.957 bits per heavy atom. The summed E-state index contributed by atoms with van der Waals surface area (Å²) in [6.07, 6.45) is 13.6. The third kappa shape index (κ3) is 9.81. The van der Waals surface area contributed by atoms with Crippen molar-refractivity contribution in [3.8, 4) is 11.4 Å². The van der Waals surface area contributed by atoms with Crippen LogP contribution in [0.1, 0.15) is 39.3 Å². The van der Waals surface area contributed by atoms with E-state index >= 15 is 0 Å². The van der Waals surface area contributed by atoms with E-state index in [2.05, 4.69) is 108 Å². The second-order valence-corrected chi connectivity index (χ2v) is 11.7. The number of rotatable bonds is 14. The Balaban J connectivity index is 1.11. The van der Waals surface area contributed by atoms with E-state index in [0.29, 0.717) is 0 Å². The summed E-state index contributed by atoms with van der Waals surface area (Å²) < 4.78 is 0. The Hall–Kier alpha value is -5.37. The molecule has 0 saturated heterocycles. The summed E-state index contributed by atoms with van der Waals surface area (Å²) in [5, 5.41) is 0. The molecule has 0 amide bonds. The van der Waals surface area contributed by atoms with Crippen LogP contribution in [0.4, 0.5) is 0 Å². The molecule has 47 heavy (non-hydrogen) atoms. The summed E-state index contributed by atoms with van der Waals surface area (Å²) in [5.41, 5.74) is 9.52. The lowest BCUT2D eigenvalue weighted by atomic mass is 10.1. The second kappa shape index (κ2) is 16.3. The Morgan fingerprint density at radius 1 is 0.468 bits per heavy atom. The molecular weight excluding hydrogens is 578 g/mol. The fourth-order valence-corrected chi connectivity index (χ4v) is 5.33. The molecule has 5 aromatic heterocycles. The SMILES string of the molecule is Cc1ccc(-c2ccc(/C=C/c3ccc(CN(CCN(Cc4ccccn4)Cc4ccccn4)Cc4ccccn4)cc3)cn2)nc1. The summed E-state index contributed by atoms with van der Waals surface area (Å²) in [7, 11) is 0. The van der Waals surface area contributed by atoms with E-state index in [-0.39, 0.29) is 0 Å². The van der Waals surface area contributed by atoms with E-state index in [4.69, 9.17) is 0 Å². The summed E-state index contributed by atoms with van der Waals surface area (Å²) in [6.45, 7) is 6.89. The van der Waals surface area contributed by atoms with Crippen LogP contribution >= 0.6 is 0 Å². The van der Waals surface area contributed by atoms with E-state index in [9.17, 15) is 0 Å². The zero-order valence-corrected chi connectivity index (χ0v) is 26.7. The molecule has 234 valence electrons. The standard InChI is InChI=1S/C40H39N7/c1-32-11-19-39(44-26-32)40-20-18-34(27-45-40)15-12-33-13-16-35(17-14-33)28-46(29-36-8-2-5-21-41-36)24-25-47(30-37-9-3-6-22-42-37)31-38-10-4-7-23-43-38/h2-23,26-27H,24-25,28-31H2,1H3/b15-12+. The predicted molar refractivity (Wildman–Crippen MR) is 189 cm³/mol. The van der Waals surface area contributed by atoms with Crippen LogP contribution in [0.15, 0.2) is 134 Å². The van der Waals surface area contributed by atoms with Crippen LogP contribution in [0.2, 0.25) is 0 Å². The van der Waals surface area contributed by atoms with Crippen LogP contribution in [0, 0.1) is 6.92 Å². The second-order valence-electron chi connectivity index (χ2n) is 11.7. The maximum atomic E-state index is 4.62. The zero-order valence-electron chi connectivity index (χ0n) is 26.7. The first-order valence-corrected chi connectivity index (χ1v) is 16.0. The highest BCUT2D eigenvalue weighted by atomic mass is 15.2. The summed E-state index contributed by atoms with van der Waals surface area (Å²) in [6, 6.07) is 35.2. The molecule has 7 heteroatoms. The predicted octanol–water partition coefficient (Wildman–Crippen LogP) is 7.51. The van der Waals surface area contributed by atoms with Gasteiger partial charge in [-0.15, -0.1) is 0 Å². The van der Waals surface area contributed by atoms with Crippen molar-refractivity contribution in [1.82, 2.24) is 34.7 Å². The zero-order chi connectivity index (χ0) is 32.1. The molecule has 7 nitrogen and oxygen atoms in total. The van der Waals surface area contributed by atoms with Gasteiger partial charge >= 0.3 is 0 Å². The fourth-order valence-electron chi connectivity index (χ4n) is 5.33. The molecule has 0 aliphatic heterocycles. The van der Waals surface area contributed by atoms with E-state index < -0.39 is 0 Å². The fraction of sp³-hybridized carbons (Fsp3) is 0.175. The minimum atomic E-state index is 0.761. The Labute approximate surface area is 277 Å². The van der Waals surface area contributed by atoms with Gasteiger partial charge in [0.1, 0.15) is 0 Å². The average molecular weight is 618 g/mol. The molecule has 6 rings (SSSR count). The van der Waals surface area contributed by atoms with Crippen LogP contribution in [0.3, 0.4) is 0 Å². The average Bonchev–Trinajstić information content (AvgIpc) is 3.12. The number of nitrogens with zero attached hydrogens (tertiary/aromatic N) is 7. The van der Waals surface area contributed by atoms with Crippen molar-refractivity contribution in [3.05, 3.63) is 173 Å². The van der Waals surface area contributed by atoms with Crippen molar-refractivity contribution in [1.29, 1.82) is 0 Å². The third-order valence-corrected chi connectivity index (χ3v) is 7.88. The highest BCUT2D eigenvalue weighted by Crippen LogP contribution is 2.17. The van der Waals surface area contributed by atoms with Crippen molar-refractivity contribution in [2.24, 2.45) is 0 Å². The van der Waals surface area contributed by atoms with Gasteiger partial charge in [-0.05, 0) is 77.7 Å². The third-order valence-electron chi connectivity index (χ3n) is 7.88. The van der Waals surface area contributed by atoms with Gasteiger partial charge in [0.15, 0.2) is 0 Å². The van der Waals surface area contributed by atoms with E-state index in [1.165, 1.54) is 5.56 Å². The molecular formula is C40H39N7. The maximum Gasteiger partial charge on any atom is 0.0886 e. The van der Waals surface area contributed by atoms with E-state index in [1.807, 2.05) is 80.4 Å². The maximum absolute atomic E-state index is 4.62. The van der Waals surface area contributed by atoms with Crippen molar-refractivity contribution in [2.45, 2.75) is 33.1 Å². The molecule has 0 fully saturated rings. The van der Waals surface area contributed by atoms with Crippen molar-refractivity contribution in [3.63, 3.8) is 0 Å². The first kappa shape index (κ1) is 31.6. The van der Waals surface area contributed by atoms with Gasteiger partial charge in [0, 0.05) is 70.3 Å². The van der Waals surface area contributed by atoms with Gasteiger partial charge in [0.25, 0.3) is 0 Å². The molecule has 0 radical (unpaired) electrons. The van der Waals surface area contributed by atoms with Gasteiger partial charge in [-0.25, -0.2) is 0 Å². The van der Waals surface area contributed by atoms with Gasteiger partial charge in [-0.3, -0.25) is 34.7 Å². The van der Waals surface area contributed by atoms with Gasteiger partial charge < -0.3 is 0 Å². The summed E-state index contributed by atoms with van der Waals surface area (Å²) >= 11 is 0. The first-order valence-electron chi connectivity index (χ1n) is 16.0. The van der Waals surface area contributed by atoms with Gasteiger partial charge in [0.05, 0.1) is 28.5 Å². The molecule has 1 aromatic carbocycles. The van der Waals surface area contributed by atoms with E-state index in [0.717, 1.165) is 84.4 Å². The van der Waals surface area contributed by atoms with E-state index in [1.54, 1.807) is 0 Å². The van der Waals surface area contributed by atoms with Crippen LogP contribution in [-0.2, 0) is 26.2 Å². The molecule has 5 heterocycles. The quantitative estimate of drug-likeness (QED) is 0.125. The topological polar surface area (TPSA) is 70.9 Å². The Kier molecular flexibility index (Phi) is 10.9. The van der Waals surface area contributed by atoms with Crippen LogP contribution in [0.5, 0.6) is 0 Å². The molecule has 0 unspecified atom stereocenters. The highest BCUT2D eigenvalue weighted by molar-refractivity contribution is 5.70. The monoisotopic (exact) mass is 617 g/mol. The first-order chi connectivity index (χ1) is 23.2. The smallest absolute Gasteiger partial charge is 0.0886 e. The summed E-state index contributed by atoms with van der Waals surface area (Å²) in [4.78, 5) is 27.8. The number of hydrogen-bond donors (Lipinski definition) is 0. The minimum absolute atomic E-state index is 0.761. The number of hydrogen-bond acceptors (Lipinski definition) is 7. The normalized spacial score (nSPS) is 11.5. The van der Waals surface area contributed by atoms with Crippen LogP contribution in [0.25, 0.3) is 23.5 Å². The molecule has 0 N–H and O–H groups in total. The lowest BCUT2D eigenvalue weighted by Gasteiger charge is -2.27. The molecule has 0 aliphatic carbocycles. The largest absolute Gasteiger partial charge is 0.292 e. The molecule has 0 spiro atoms. The summed E-state index contributed by atoms with van der Waals surface area (Å²) in [5.74, 6) is 0. The van der Waals surface area contributed by atoms with Crippen LogP contribution < -0.4 is 0 Å². The lowest BCUT2D eigenvalue weighted by Crippen LogP contribution is -2.34. The Morgan fingerprint density at radius 3 is 1.43 bits per heavy atom. The van der Waals surface area contributed by atoms with Crippen LogP contribution in [-0.4, -0.2) is 47.8 Å². The molecule has 6 aromatic rings. The number of pyridine rings is 5. The molecule has 0 aliphatic rings. The van der Waals surface area contributed by atoms with Gasteiger partial charge in [-0.1, -0.05) is 66.7 Å². The van der Waals surface area contributed by atoms with Gasteiger partial charge in [0.2, 0.25) is 0 Å². The number of aryl methyl sites for hydroxylation is 1. The lowest BCUT2D eigenvalue weighted by molar-refractivity contribution is 0.179. The number of benzene rings is 1. The number of aromatic nitrogens is 5. The Bertz CT molecular complexity index is 1770. The van der Waals surface area contributed by atoms with Gasteiger partial charge in [-0.2, -0.15) is 0 Å².